The third-order valence-corrected chi connectivity index (χ3v) is 3.50. The number of rotatable bonds is 4. The lowest BCUT2D eigenvalue weighted by Gasteiger charge is -2.16. The first-order valence-electron chi connectivity index (χ1n) is 5.61. The molecule has 0 aliphatic rings. The fraction of sp³-hybridized carbons (Fsp3) is 0.154. The molecule has 0 fully saturated rings. The van der Waals surface area contributed by atoms with Crippen LogP contribution in [0.5, 0.6) is 0 Å². The molecule has 1 aromatic carbocycles. The molecule has 0 aliphatic carbocycles. The van der Waals surface area contributed by atoms with Crippen molar-refractivity contribution in [1.82, 2.24) is 10.4 Å². The Labute approximate surface area is 124 Å². The van der Waals surface area contributed by atoms with Crippen LogP contribution in [0.1, 0.15) is 17.2 Å². The molecule has 0 aliphatic heterocycles. The van der Waals surface area contributed by atoms with E-state index in [2.05, 4.69) is 26.3 Å². The Morgan fingerprint density at radius 2 is 2.16 bits per heavy atom. The normalized spacial score (nSPS) is 12.4. The van der Waals surface area contributed by atoms with Crippen LogP contribution in [-0.2, 0) is 6.42 Å². The Morgan fingerprint density at radius 1 is 1.37 bits per heavy atom. The molecular weight excluding hydrogens is 333 g/mol. The monoisotopic (exact) mass is 343 g/mol. The lowest BCUT2D eigenvalue weighted by Crippen LogP contribution is -2.29. The fourth-order valence-electron chi connectivity index (χ4n) is 1.79. The molecule has 0 saturated heterocycles. The topological polar surface area (TPSA) is 50.9 Å². The summed E-state index contributed by atoms with van der Waals surface area (Å²) in [5.74, 6) is 5.27. The Morgan fingerprint density at radius 3 is 2.79 bits per heavy atom. The van der Waals surface area contributed by atoms with Crippen molar-refractivity contribution in [3.05, 3.63) is 63.1 Å². The summed E-state index contributed by atoms with van der Waals surface area (Å²) in [7, 11) is 0. The molecule has 100 valence electrons. The second-order valence-corrected chi connectivity index (χ2v) is 5.38. The molecule has 0 bridgehead atoms. The van der Waals surface area contributed by atoms with Crippen LogP contribution in [0.4, 0.5) is 4.39 Å². The van der Waals surface area contributed by atoms with Crippen LogP contribution in [0.3, 0.4) is 0 Å². The Kier molecular flexibility index (Phi) is 4.87. The van der Waals surface area contributed by atoms with Gasteiger partial charge in [0, 0.05) is 10.7 Å². The number of pyridine rings is 1. The third-order valence-electron chi connectivity index (χ3n) is 2.79. The van der Waals surface area contributed by atoms with E-state index < -0.39 is 0 Å². The van der Waals surface area contributed by atoms with Gasteiger partial charge in [0.1, 0.15) is 11.0 Å². The predicted octanol–water partition coefficient (Wildman–Crippen LogP) is 3.38. The van der Waals surface area contributed by atoms with E-state index in [0.717, 1.165) is 10.0 Å². The molecule has 2 aromatic rings. The summed E-state index contributed by atoms with van der Waals surface area (Å²) < 4.78 is 14.5. The van der Waals surface area contributed by atoms with Crippen molar-refractivity contribution in [2.45, 2.75) is 12.5 Å². The van der Waals surface area contributed by atoms with Crippen molar-refractivity contribution in [3.8, 4) is 0 Å². The first kappa shape index (κ1) is 14.4. The fourth-order valence-corrected chi connectivity index (χ4v) is 2.31. The highest BCUT2D eigenvalue weighted by atomic mass is 79.9. The minimum atomic E-state index is -0.259. The van der Waals surface area contributed by atoms with Gasteiger partial charge in [0.15, 0.2) is 0 Å². The van der Waals surface area contributed by atoms with Gasteiger partial charge in [0.05, 0.1) is 6.04 Å². The molecule has 0 spiro atoms. The van der Waals surface area contributed by atoms with Gasteiger partial charge in [0.2, 0.25) is 0 Å². The van der Waals surface area contributed by atoms with Crippen LogP contribution in [0.15, 0.2) is 41.0 Å². The Hall–Kier alpha value is -1.01. The number of benzene rings is 1. The number of halogens is 3. The number of nitrogens with zero attached hydrogens (tertiary/aromatic N) is 1. The van der Waals surface area contributed by atoms with E-state index in [0.29, 0.717) is 17.1 Å². The second kappa shape index (κ2) is 6.43. The summed E-state index contributed by atoms with van der Waals surface area (Å²) in [4.78, 5) is 4.00. The van der Waals surface area contributed by atoms with E-state index in [1.165, 1.54) is 6.07 Å². The molecule has 1 aromatic heterocycles. The number of aromatic nitrogens is 1. The number of hydrazine groups is 1. The molecule has 3 N–H and O–H groups in total. The average Bonchev–Trinajstić information content (AvgIpc) is 2.41. The largest absolute Gasteiger partial charge is 0.271 e. The van der Waals surface area contributed by atoms with E-state index in [9.17, 15) is 4.39 Å². The molecule has 0 amide bonds. The lowest BCUT2D eigenvalue weighted by atomic mass is 10.0. The predicted molar refractivity (Wildman–Crippen MR) is 77.1 cm³/mol. The zero-order valence-electron chi connectivity index (χ0n) is 9.91. The van der Waals surface area contributed by atoms with Crippen molar-refractivity contribution < 1.29 is 4.39 Å². The molecule has 1 atom stereocenters. The van der Waals surface area contributed by atoms with Crippen LogP contribution in [-0.4, -0.2) is 4.98 Å². The molecule has 3 nitrogen and oxygen atoms in total. The van der Waals surface area contributed by atoms with Crippen LogP contribution in [0.25, 0.3) is 0 Å². The van der Waals surface area contributed by atoms with E-state index in [4.69, 9.17) is 17.4 Å². The minimum absolute atomic E-state index is 0.228. The first-order valence-corrected chi connectivity index (χ1v) is 6.78. The highest BCUT2D eigenvalue weighted by Crippen LogP contribution is 2.22. The summed E-state index contributed by atoms with van der Waals surface area (Å²) in [5, 5.41) is 0.410. The SMILES string of the molecule is NNC(Cc1cc(Br)ccc1F)c1ccc(Cl)nc1. The molecular formula is C13H12BrClFN3. The molecule has 0 radical (unpaired) electrons. The van der Waals surface area contributed by atoms with Crippen LogP contribution in [0.2, 0.25) is 5.15 Å². The number of hydrogen-bond acceptors (Lipinski definition) is 3. The zero-order chi connectivity index (χ0) is 13.8. The molecule has 2 rings (SSSR count). The molecule has 6 heteroatoms. The minimum Gasteiger partial charge on any atom is -0.271 e. The van der Waals surface area contributed by atoms with Crippen LogP contribution >= 0.6 is 27.5 Å². The van der Waals surface area contributed by atoms with Gasteiger partial charge in [0.25, 0.3) is 0 Å². The number of nitrogens with one attached hydrogen (secondary N) is 1. The van der Waals surface area contributed by atoms with Crippen molar-refractivity contribution in [3.63, 3.8) is 0 Å². The van der Waals surface area contributed by atoms with Gasteiger partial charge < -0.3 is 0 Å². The molecule has 1 heterocycles. The van der Waals surface area contributed by atoms with Gasteiger partial charge in [-0.05, 0) is 41.8 Å². The number of nitrogens with two attached hydrogens (primary N) is 1. The van der Waals surface area contributed by atoms with Crippen molar-refractivity contribution in [1.29, 1.82) is 0 Å². The van der Waals surface area contributed by atoms with E-state index >= 15 is 0 Å². The van der Waals surface area contributed by atoms with Crippen molar-refractivity contribution >= 4 is 27.5 Å². The maximum Gasteiger partial charge on any atom is 0.129 e. The van der Waals surface area contributed by atoms with Crippen molar-refractivity contribution in [2.24, 2.45) is 5.84 Å². The standard InChI is InChI=1S/C13H12BrClFN3/c14-10-2-3-11(16)9(5-10)6-12(19-17)8-1-4-13(15)18-7-8/h1-5,7,12,19H,6,17H2. The summed E-state index contributed by atoms with van der Waals surface area (Å²) in [6, 6.07) is 8.09. The van der Waals surface area contributed by atoms with Gasteiger partial charge in [-0.1, -0.05) is 33.6 Å². The van der Waals surface area contributed by atoms with Gasteiger partial charge in [-0.2, -0.15) is 0 Å². The average molecular weight is 345 g/mol. The van der Waals surface area contributed by atoms with Gasteiger partial charge >= 0.3 is 0 Å². The summed E-state index contributed by atoms with van der Waals surface area (Å²) in [6.07, 6.45) is 2.05. The maximum absolute atomic E-state index is 13.7. The van der Waals surface area contributed by atoms with E-state index in [1.807, 2.05) is 6.07 Å². The summed E-state index contributed by atoms with van der Waals surface area (Å²) in [5.41, 5.74) is 4.10. The zero-order valence-corrected chi connectivity index (χ0v) is 12.2. The van der Waals surface area contributed by atoms with Crippen molar-refractivity contribution in [2.75, 3.05) is 0 Å². The second-order valence-electron chi connectivity index (χ2n) is 4.07. The molecule has 0 saturated carbocycles. The summed E-state index contributed by atoms with van der Waals surface area (Å²) >= 11 is 9.06. The van der Waals surface area contributed by atoms with E-state index in [1.54, 1.807) is 24.4 Å². The maximum atomic E-state index is 13.7. The van der Waals surface area contributed by atoms with Crippen LogP contribution in [0, 0.1) is 5.82 Å². The van der Waals surface area contributed by atoms with E-state index in [-0.39, 0.29) is 11.9 Å². The molecule has 19 heavy (non-hydrogen) atoms. The van der Waals surface area contributed by atoms with Gasteiger partial charge in [-0.15, -0.1) is 0 Å². The number of hydrogen-bond donors (Lipinski definition) is 2. The highest BCUT2D eigenvalue weighted by Gasteiger charge is 2.14. The summed E-state index contributed by atoms with van der Waals surface area (Å²) in [6.45, 7) is 0. The van der Waals surface area contributed by atoms with Crippen LogP contribution < -0.4 is 11.3 Å². The Bertz CT molecular complexity index is 562. The quantitative estimate of drug-likeness (QED) is 0.508. The smallest absolute Gasteiger partial charge is 0.129 e. The van der Waals surface area contributed by atoms with Gasteiger partial charge in [-0.25, -0.2) is 9.37 Å². The first-order chi connectivity index (χ1) is 9.10. The third kappa shape index (κ3) is 3.73. The highest BCUT2D eigenvalue weighted by molar-refractivity contribution is 9.10. The molecule has 1 unspecified atom stereocenters. The Balaban J connectivity index is 2.23. The lowest BCUT2D eigenvalue weighted by molar-refractivity contribution is 0.527. The van der Waals surface area contributed by atoms with Gasteiger partial charge in [-0.3, -0.25) is 11.3 Å².